The number of aromatic nitrogens is 1. The molecule has 0 radical (unpaired) electrons. The van der Waals surface area contributed by atoms with Crippen molar-refractivity contribution < 1.29 is 4.79 Å². The van der Waals surface area contributed by atoms with Gasteiger partial charge in [-0.1, -0.05) is 24.3 Å². The quantitative estimate of drug-likeness (QED) is 0.692. The number of anilines is 1. The highest BCUT2D eigenvalue weighted by atomic mass is 16.2. The fourth-order valence-corrected chi connectivity index (χ4v) is 2.26. The van der Waals surface area contributed by atoms with Crippen LogP contribution in [0.1, 0.15) is 15.9 Å². The van der Waals surface area contributed by atoms with Crippen LogP contribution in [-0.4, -0.2) is 10.9 Å². The van der Waals surface area contributed by atoms with Gasteiger partial charge in [-0.15, -0.1) is 0 Å². The highest BCUT2D eigenvalue weighted by Gasteiger charge is 2.12. The van der Waals surface area contributed by atoms with E-state index in [-0.39, 0.29) is 11.0 Å². The number of benzene rings is 2. The summed E-state index contributed by atoms with van der Waals surface area (Å²) in [5, 5.41) is 3.21. The minimum atomic E-state index is -0.437. The lowest BCUT2D eigenvalue weighted by Crippen LogP contribution is -2.21. The van der Waals surface area contributed by atoms with Gasteiger partial charge in [0.1, 0.15) is 5.56 Å². The third-order valence-electron chi connectivity index (χ3n) is 3.48. The monoisotopic (exact) mass is 293 g/mol. The molecule has 22 heavy (non-hydrogen) atoms. The molecular weight excluding hydrogens is 278 g/mol. The van der Waals surface area contributed by atoms with E-state index in [4.69, 9.17) is 5.73 Å². The van der Waals surface area contributed by atoms with Crippen LogP contribution in [0, 0.1) is 0 Å². The van der Waals surface area contributed by atoms with Crippen molar-refractivity contribution in [3.05, 3.63) is 76.1 Å². The van der Waals surface area contributed by atoms with Gasteiger partial charge in [-0.3, -0.25) is 9.59 Å². The van der Waals surface area contributed by atoms with Gasteiger partial charge in [0.25, 0.3) is 5.91 Å². The Bertz CT molecular complexity index is 882. The number of fused-ring (bicyclic) bond motifs is 1. The van der Waals surface area contributed by atoms with Gasteiger partial charge < -0.3 is 16.0 Å². The SMILES string of the molecule is NCc1ccc(NC(=O)c2c[nH]c3ccccc3c2=O)cc1. The predicted octanol–water partition coefficient (Wildman–Crippen LogP) is 2.24. The van der Waals surface area contributed by atoms with E-state index >= 15 is 0 Å². The van der Waals surface area contributed by atoms with Crippen LogP contribution in [0.15, 0.2) is 59.5 Å². The Labute approximate surface area is 126 Å². The molecule has 0 aliphatic carbocycles. The summed E-state index contributed by atoms with van der Waals surface area (Å²) in [6, 6.07) is 14.3. The number of H-pyrrole nitrogens is 1. The van der Waals surface area contributed by atoms with Gasteiger partial charge in [0, 0.05) is 29.3 Å². The van der Waals surface area contributed by atoms with Crippen LogP contribution in [-0.2, 0) is 6.54 Å². The molecule has 0 saturated carbocycles. The molecule has 3 aromatic rings. The lowest BCUT2D eigenvalue weighted by Gasteiger charge is -2.06. The summed E-state index contributed by atoms with van der Waals surface area (Å²) in [7, 11) is 0. The number of aromatic amines is 1. The number of hydrogen-bond acceptors (Lipinski definition) is 3. The summed E-state index contributed by atoms with van der Waals surface area (Å²) < 4.78 is 0. The average Bonchev–Trinajstić information content (AvgIpc) is 2.56. The lowest BCUT2D eigenvalue weighted by molar-refractivity contribution is 0.102. The van der Waals surface area contributed by atoms with Crippen molar-refractivity contribution in [1.82, 2.24) is 4.98 Å². The first kappa shape index (κ1) is 14.0. The molecule has 0 aliphatic heterocycles. The third-order valence-corrected chi connectivity index (χ3v) is 3.48. The molecule has 0 unspecified atom stereocenters. The van der Waals surface area contributed by atoms with Crippen LogP contribution in [0.2, 0.25) is 0 Å². The van der Waals surface area contributed by atoms with Crippen molar-refractivity contribution in [2.75, 3.05) is 5.32 Å². The highest BCUT2D eigenvalue weighted by molar-refractivity contribution is 6.05. The Morgan fingerprint density at radius 1 is 1.09 bits per heavy atom. The Hall–Kier alpha value is -2.92. The van der Waals surface area contributed by atoms with E-state index < -0.39 is 5.91 Å². The Balaban J connectivity index is 1.91. The molecule has 2 aromatic carbocycles. The fraction of sp³-hybridized carbons (Fsp3) is 0.0588. The van der Waals surface area contributed by atoms with Crippen molar-refractivity contribution in [3.8, 4) is 0 Å². The summed E-state index contributed by atoms with van der Waals surface area (Å²) in [6.07, 6.45) is 1.44. The maximum atomic E-state index is 12.4. The first-order valence-corrected chi connectivity index (χ1v) is 6.90. The smallest absolute Gasteiger partial charge is 0.261 e. The van der Waals surface area contributed by atoms with Crippen molar-refractivity contribution in [2.24, 2.45) is 5.73 Å². The normalized spacial score (nSPS) is 10.6. The highest BCUT2D eigenvalue weighted by Crippen LogP contribution is 2.11. The van der Waals surface area contributed by atoms with E-state index in [0.717, 1.165) is 5.56 Å². The molecule has 0 spiro atoms. The molecule has 1 amide bonds. The van der Waals surface area contributed by atoms with Crippen LogP contribution < -0.4 is 16.5 Å². The molecule has 5 nitrogen and oxygen atoms in total. The number of nitrogens with one attached hydrogen (secondary N) is 2. The molecule has 0 atom stereocenters. The molecule has 1 aromatic heterocycles. The predicted molar refractivity (Wildman–Crippen MR) is 86.9 cm³/mol. The zero-order valence-electron chi connectivity index (χ0n) is 11.8. The number of hydrogen-bond donors (Lipinski definition) is 3. The minimum absolute atomic E-state index is 0.0848. The maximum absolute atomic E-state index is 12.4. The molecule has 4 N–H and O–H groups in total. The van der Waals surface area contributed by atoms with Gasteiger partial charge in [0.2, 0.25) is 5.43 Å². The minimum Gasteiger partial charge on any atom is -0.360 e. The van der Waals surface area contributed by atoms with Crippen LogP contribution in [0.25, 0.3) is 10.9 Å². The molecule has 5 heteroatoms. The maximum Gasteiger partial charge on any atom is 0.261 e. The van der Waals surface area contributed by atoms with E-state index in [9.17, 15) is 9.59 Å². The van der Waals surface area contributed by atoms with Crippen LogP contribution in [0.5, 0.6) is 0 Å². The molecule has 3 rings (SSSR count). The van der Waals surface area contributed by atoms with E-state index in [2.05, 4.69) is 10.3 Å². The Kier molecular flexibility index (Phi) is 3.72. The second-order valence-corrected chi connectivity index (χ2v) is 4.93. The van der Waals surface area contributed by atoms with Gasteiger partial charge in [-0.05, 0) is 29.8 Å². The zero-order valence-corrected chi connectivity index (χ0v) is 11.8. The van der Waals surface area contributed by atoms with Crippen LogP contribution in [0.3, 0.4) is 0 Å². The van der Waals surface area contributed by atoms with Crippen molar-refractivity contribution in [3.63, 3.8) is 0 Å². The third kappa shape index (κ3) is 2.62. The van der Waals surface area contributed by atoms with Crippen LogP contribution in [0.4, 0.5) is 5.69 Å². The number of para-hydroxylation sites is 1. The molecule has 1 heterocycles. The molecular formula is C17H15N3O2. The van der Waals surface area contributed by atoms with Gasteiger partial charge in [-0.2, -0.15) is 0 Å². The fourth-order valence-electron chi connectivity index (χ4n) is 2.26. The number of carbonyl (C=O) groups is 1. The Morgan fingerprint density at radius 3 is 2.55 bits per heavy atom. The first-order valence-electron chi connectivity index (χ1n) is 6.90. The Morgan fingerprint density at radius 2 is 1.82 bits per heavy atom. The van der Waals surface area contributed by atoms with Crippen molar-refractivity contribution in [1.29, 1.82) is 0 Å². The molecule has 0 aliphatic rings. The topological polar surface area (TPSA) is 88.0 Å². The molecule has 0 bridgehead atoms. The number of pyridine rings is 1. The first-order chi connectivity index (χ1) is 10.7. The van der Waals surface area contributed by atoms with Gasteiger partial charge >= 0.3 is 0 Å². The number of amides is 1. The van der Waals surface area contributed by atoms with E-state index in [1.807, 2.05) is 18.2 Å². The summed E-state index contributed by atoms with van der Waals surface area (Å²) >= 11 is 0. The van der Waals surface area contributed by atoms with Gasteiger partial charge in [0.15, 0.2) is 0 Å². The molecule has 110 valence electrons. The van der Waals surface area contributed by atoms with E-state index in [0.29, 0.717) is 23.1 Å². The second kappa shape index (κ2) is 5.83. The average molecular weight is 293 g/mol. The zero-order chi connectivity index (χ0) is 15.5. The van der Waals surface area contributed by atoms with Crippen LogP contribution >= 0.6 is 0 Å². The summed E-state index contributed by atoms with van der Waals surface area (Å²) in [6.45, 7) is 0.443. The van der Waals surface area contributed by atoms with Crippen molar-refractivity contribution >= 4 is 22.5 Å². The number of carbonyl (C=O) groups excluding carboxylic acids is 1. The standard InChI is InChI=1S/C17H15N3O2/c18-9-11-5-7-12(8-6-11)20-17(22)14-10-19-15-4-2-1-3-13(15)16(14)21/h1-8,10H,9,18H2,(H,19,21)(H,20,22). The van der Waals surface area contributed by atoms with Gasteiger partial charge in [0.05, 0.1) is 0 Å². The largest absolute Gasteiger partial charge is 0.360 e. The van der Waals surface area contributed by atoms with Gasteiger partial charge in [-0.25, -0.2) is 0 Å². The van der Waals surface area contributed by atoms with E-state index in [1.165, 1.54) is 6.20 Å². The number of rotatable bonds is 3. The second-order valence-electron chi connectivity index (χ2n) is 4.93. The van der Waals surface area contributed by atoms with E-state index in [1.54, 1.807) is 30.3 Å². The number of nitrogens with two attached hydrogens (primary N) is 1. The summed E-state index contributed by atoms with van der Waals surface area (Å²) in [5.74, 6) is -0.437. The van der Waals surface area contributed by atoms with Crippen molar-refractivity contribution in [2.45, 2.75) is 6.54 Å². The molecule has 0 fully saturated rings. The molecule has 0 saturated heterocycles. The summed E-state index contributed by atoms with van der Waals surface area (Å²) in [4.78, 5) is 27.6. The summed E-state index contributed by atoms with van der Waals surface area (Å²) in [5.41, 5.74) is 7.63. The lowest BCUT2D eigenvalue weighted by atomic mass is 10.1.